The Morgan fingerprint density at radius 1 is 1.35 bits per heavy atom. The fourth-order valence-corrected chi connectivity index (χ4v) is 3.28. The number of likely N-dealkylation sites (N-methyl/N-ethyl adjacent to an activating group) is 1. The minimum Gasteiger partial charge on any atom is -0.480 e. The normalized spacial score (nSPS) is 22.0. The van der Waals surface area contributed by atoms with Crippen LogP contribution in [0, 0.1) is 0 Å². The fraction of sp³-hybridized carbons (Fsp3) is 0.889. The number of sulfonamides is 1. The summed E-state index contributed by atoms with van der Waals surface area (Å²) in [7, 11) is -1.64. The van der Waals surface area contributed by atoms with E-state index in [1.807, 2.05) is 11.9 Å². The van der Waals surface area contributed by atoms with E-state index in [0.717, 1.165) is 13.0 Å². The summed E-state index contributed by atoms with van der Waals surface area (Å²) in [5.74, 6) is -1.83. The van der Waals surface area contributed by atoms with Crippen molar-refractivity contribution in [3.63, 3.8) is 0 Å². The Bertz CT molecular complexity index is 370. The standard InChI is InChI=1S/C9H19N3O4S/c1-11-3-2-4-12(6-5-11)17(15,16)7-8(10)9(13)14/h8H,2-7,10H2,1H3,(H,13,14)/t8-/m0/s1. The van der Waals surface area contributed by atoms with Gasteiger partial charge >= 0.3 is 5.97 Å². The van der Waals surface area contributed by atoms with Gasteiger partial charge in [-0.15, -0.1) is 0 Å². The summed E-state index contributed by atoms with van der Waals surface area (Å²) >= 11 is 0. The molecular formula is C9H19N3O4S. The minimum atomic E-state index is -3.57. The van der Waals surface area contributed by atoms with Gasteiger partial charge in [0.15, 0.2) is 0 Å². The highest BCUT2D eigenvalue weighted by Crippen LogP contribution is 2.08. The Morgan fingerprint density at radius 3 is 2.59 bits per heavy atom. The Labute approximate surface area is 101 Å². The van der Waals surface area contributed by atoms with Crippen molar-refractivity contribution in [2.45, 2.75) is 12.5 Å². The third kappa shape index (κ3) is 4.23. The molecule has 0 amide bonds. The molecule has 0 aromatic heterocycles. The monoisotopic (exact) mass is 265 g/mol. The van der Waals surface area contributed by atoms with Gasteiger partial charge in [-0.3, -0.25) is 4.79 Å². The molecule has 1 fully saturated rings. The number of aliphatic carboxylic acids is 1. The summed E-state index contributed by atoms with van der Waals surface area (Å²) in [6.07, 6.45) is 0.748. The maximum absolute atomic E-state index is 11.9. The van der Waals surface area contributed by atoms with Gasteiger partial charge in [0, 0.05) is 19.6 Å². The van der Waals surface area contributed by atoms with Crippen molar-refractivity contribution in [2.75, 3.05) is 39.0 Å². The minimum absolute atomic E-state index is 0.394. The van der Waals surface area contributed by atoms with Crippen LogP contribution in [0.1, 0.15) is 6.42 Å². The highest BCUT2D eigenvalue weighted by atomic mass is 32.2. The fourth-order valence-electron chi connectivity index (χ4n) is 1.70. The number of hydrogen-bond acceptors (Lipinski definition) is 5. The molecule has 1 heterocycles. The van der Waals surface area contributed by atoms with Crippen LogP contribution < -0.4 is 5.73 Å². The summed E-state index contributed by atoms with van der Waals surface area (Å²) in [6, 6.07) is -1.36. The SMILES string of the molecule is CN1CCCN(S(=O)(=O)C[C@H](N)C(=O)O)CC1. The number of hydrogen-bond donors (Lipinski definition) is 2. The zero-order valence-corrected chi connectivity index (χ0v) is 10.7. The lowest BCUT2D eigenvalue weighted by molar-refractivity contribution is -0.137. The molecule has 1 saturated heterocycles. The zero-order chi connectivity index (χ0) is 13.1. The number of carbonyl (C=O) groups is 1. The molecule has 0 aliphatic carbocycles. The second-order valence-electron chi connectivity index (χ2n) is 4.28. The summed E-state index contributed by atoms with van der Waals surface area (Å²) in [5, 5.41) is 8.63. The van der Waals surface area contributed by atoms with Crippen molar-refractivity contribution in [3.8, 4) is 0 Å². The lowest BCUT2D eigenvalue weighted by Crippen LogP contribution is -2.44. The van der Waals surface area contributed by atoms with Crippen LogP contribution in [0.3, 0.4) is 0 Å². The van der Waals surface area contributed by atoms with E-state index >= 15 is 0 Å². The van der Waals surface area contributed by atoms with Crippen molar-refractivity contribution in [2.24, 2.45) is 5.73 Å². The van der Waals surface area contributed by atoms with E-state index in [9.17, 15) is 13.2 Å². The van der Waals surface area contributed by atoms with Crippen LogP contribution in [-0.2, 0) is 14.8 Å². The molecule has 1 aliphatic rings. The van der Waals surface area contributed by atoms with Crippen molar-refractivity contribution in [1.82, 2.24) is 9.21 Å². The predicted octanol–water partition coefficient (Wildman–Crippen LogP) is -1.63. The third-order valence-corrected chi connectivity index (χ3v) is 4.71. The molecule has 3 N–H and O–H groups in total. The van der Waals surface area contributed by atoms with Gasteiger partial charge in [0.2, 0.25) is 10.0 Å². The van der Waals surface area contributed by atoms with E-state index in [-0.39, 0.29) is 0 Å². The number of nitrogens with two attached hydrogens (primary N) is 1. The quantitative estimate of drug-likeness (QED) is 0.632. The Kier molecular flexibility index (Phi) is 4.87. The molecule has 100 valence electrons. The van der Waals surface area contributed by atoms with Crippen LogP contribution in [0.15, 0.2) is 0 Å². The average Bonchev–Trinajstić information content (AvgIpc) is 2.42. The highest BCUT2D eigenvalue weighted by Gasteiger charge is 2.28. The first-order chi connectivity index (χ1) is 7.83. The van der Waals surface area contributed by atoms with Gasteiger partial charge in [-0.05, 0) is 20.0 Å². The molecule has 1 atom stereocenters. The van der Waals surface area contributed by atoms with Crippen LogP contribution in [0.5, 0.6) is 0 Å². The van der Waals surface area contributed by atoms with Crippen LogP contribution in [0.2, 0.25) is 0 Å². The second kappa shape index (κ2) is 5.76. The first kappa shape index (κ1) is 14.4. The van der Waals surface area contributed by atoms with Crippen LogP contribution in [-0.4, -0.2) is 73.7 Å². The van der Waals surface area contributed by atoms with Crippen molar-refractivity contribution in [1.29, 1.82) is 0 Å². The molecule has 0 unspecified atom stereocenters. The third-order valence-electron chi connectivity index (χ3n) is 2.78. The number of nitrogens with zero attached hydrogens (tertiary/aromatic N) is 2. The van der Waals surface area contributed by atoms with Crippen LogP contribution in [0.4, 0.5) is 0 Å². The highest BCUT2D eigenvalue weighted by molar-refractivity contribution is 7.89. The van der Waals surface area contributed by atoms with E-state index < -0.39 is 27.8 Å². The molecule has 0 aromatic rings. The summed E-state index contributed by atoms with van der Waals surface area (Å²) in [5.41, 5.74) is 5.26. The average molecular weight is 265 g/mol. The predicted molar refractivity (Wildman–Crippen MR) is 63.1 cm³/mol. The molecule has 0 spiro atoms. The zero-order valence-electron chi connectivity index (χ0n) is 9.87. The molecule has 0 saturated carbocycles. The number of carboxylic acids is 1. The van der Waals surface area contributed by atoms with E-state index in [4.69, 9.17) is 10.8 Å². The van der Waals surface area contributed by atoms with E-state index in [2.05, 4.69) is 0 Å². The first-order valence-electron chi connectivity index (χ1n) is 5.47. The topological polar surface area (TPSA) is 104 Å². The lowest BCUT2D eigenvalue weighted by Gasteiger charge is -2.21. The lowest BCUT2D eigenvalue weighted by atomic mass is 10.4. The van der Waals surface area contributed by atoms with Gasteiger partial charge in [-0.25, -0.2) is 12.7 Å². The van der Waals surface area contributed by atoms with Gasteiger partial charge < -0.3 is 15.7 Å². The van der Waals surface area contributed by atoms with Crippen LogP contribution in [0.25, 0.3) is 0 Å². The molecule has 1 rings (SSSR count). The smallest absolute Gasteiger partial charge is 0.321 e. The molecule has 17 heavy (non-hydrogen) atoms. The largest absolute Gasteiger partial charge is 0.480 e. The maximum Gasteiger partial charge on any atom is 0.321 e. The van der Waals surface area contributed by atoms with Gasteiger partial charge in [0.1, 0.15) is 6.04 Å². The molecule has 7 nitrogen and oxygen atoms in total. The Hall–Kier alpha value is -0.700. The molecule has 0 bridgehead atoms. The van der Waals surface area contributed by atoms with Crippen LogP contribution >= 0.6 is 0 Å². The van der Waals surface area contributed by atoms with Gasteiger partial charge in [0.25, 0.3) is 0 Å². The summed E-state index contributed by atoms with van der Waals surface area (Å²) in [4.78, 5) is 12.6. The Morgan fingerprint density at radius 2 is 2.00 bits per heavy atom. The van der Waals surface area contributed by atoms with Crippen molar-refractivity contribution in [3.05, 3.63) is 0 Å². The maximum atomic E-state index is 11.9. The first-order valence-corrected chi connectivity index (χ1v) is 7.08. The molecule has 8 heteroatoms. The van der Waals surface area contributed by atoms with Gasteiger partial charge in [-0.2, -0.15) is 0 Å². The van der Waals surface area contributed by atoms with E-state index in [1.165, 1.54) is 4.31 Å². The molecule has 0 radical (unpaired) electrons. The van der Waals surface area contributed by atoms with E-state index in [0.29, 0.717) is 19.6 Å². The second-order valence-corrected chi connectivity index (χ2v) is 6.29. The number of rotatable bonds is 4. The Balaban J connectivity index is 2.66. The van der Waals surface area contributed by atoms with Crippen molar-refractivity contribution >= 4 is 16.0 Å². The summed E-state index contributed by atoms with van der Waals surface area (Å²) < 4.78 is 25.2. The molecular weight excluding hydrogens is 246 g/mol. The van der Waals surface area contributed by atoms with Gasteiger partial charge in [-0.1, -0.05) is 0 Å². The van der Waals surface area contributed by atoms with E-state index in [1.54, 1.807) is 0 Å². The summed E-state index contributed by atoms with van der Waals surface area (Å²) in [6.45, 7) is 2.32. The van der Waals surface area contributed by atoms with Crippen molar-refractivity contribution < 1.29 is 18.3 Å². The van der Waals surface area contributed by atoms with Gasteiger partial charge in [0.05, 0.1) is 5.75 Å². The number of carboxylic acid groups (broad SMARTS) is 1. The molecule has 0 aromatic carbocycles. The molecule has 1 aliphatic heterocycles.